The molecule has 0 aliphatic heterocycles. The van der Waals surface area contributed by atoms with Gasteiger partial charge in [-0.1, -0.05) is 0 Å². The molecule has 1 unspecified atom stereocenters. The number of ether oxygens (including phenoxy) is 3. The van der Waals surface area contributed by atoms with Gasteiger partial charge in [0.25, 0.3) is 0 Å². The lowest BCUT2D eigenvalue weighted by Crippen LogP contribution is -2.22. The highest BCUT2D eigenvalue weighted by molar-refractivity contribution is 7.81. The smallest absolute Gasteiger partial charge is 0.315 e. The summed E-state index contributed by atoms with van der Waals surface area (Å²) in [6.07, 6.45) is -0.275. The van der Waals surface area contributed by atoms with Crippen LogP contribution < -0.4 is 0 Å². The fourth-order valence-corrected chi connectivity index (χ4v) is 0.904. The third-order valence-electron chi connectivity index (χ3n) is 1.42. The van der Waals surface area contributed by atoms with Crippen LogP contribution in [-0.4, -0.2) is 56.0 Å². The zero-order valence-corrected chi connectivity index (χ0v) is 9.74. The van der Waals surface area contributed by atoms with Gasteiger partial charge in [-0.15, -0.1) is 0 Å². The summed E-state index contributed by atoms with van der Waals surface area (Å²) >= 11 is 3.78. The van der Waals surface area contributed by atoms with Crippen LogP contribution in [0.4, 0.5) is 0 Å². The minimum Gasteiger partial charge on any atom is -0.460 e. The topological polar surface area (TPSA) is 65.0 Å². The normalized spacial score (nSPS) is 12.5. The second-order valence-corrected chi connectivity index (χ2v) is 3.19. The highest BCUT2D eigenvalue weighted by Gasteiger charge is 2.07. The van der Waals surface area contributed by atoms with Gasteiger partial charge in [0.2, 0.25) is 0 Å². The second kappa shape index (κ2) is 10.2. The molecule has 0 aliphatic carbocycles. The predicted octanol–water partition coefficient (Wildman–Crippen LogP) is -0.127. The van der Waals surface area contributed by atoms with E-state index in [4.69, 9.17) is 19.3 Å². The Morgan fingerprint density at radius 2 is 2.00 bits per heavy atom. The van der Waals surface area contributed by atoms with Crippen LogP contribution in [0.1, 0.15) is 6.92 Å². The van der Waals surface area contributed by atoms with E-state index in [1.165, 1.54) is 0 Å². The molecule has 0 aromatic carbocycles. The summed E-state index contributed by atoms with van der Waals surface area (Å²) in [5.41, 5.74) is 0. The van der Waals surface area contributed by atoms with E-state index in [9.17, 15) is 4.79 Å². The van der Waals surface area contributed by atoms with E-state index in [2.05, 4.69) is 12.6 Å². The van der Waals surface area contributed by atoms with Crippen molar-refractivity contribution < 1.29 is 24.1 Å². The van der Waals surface area contributed by atoms with Crippen LogP contribution in [0, 0.1) is 0 Å². The molecule has 0 rings (SSSR count). The third kappa shape index (κ3) is 9.99. The van der Waals surface area contributed by atoms with Crippen molar-refractivity contribution in [3.05, 3.63) is 0 Å². The summed E-state index contributed by atoms with van der Waals surface area (Å²) in [6, 6.07) is 0. The Bertz CT molecular complexity index is 165. The lowest BCUT2D eigenvalue weighted by atomic mass is 10.4. The molecular weight excluding hydrogens is 220 g/mol. The molecule has 0 saturated carbocycles. The molecule has 15 heavy (non-hydrogen) atoms. The van der Waals surface area contributed by atoms with Gasteiger partial charge < -0.3 is 19.3 Å². The number of carbonyl (C=O) groups excluding carboxylic acids is 1. The van der Waals surface area contributed by atoms with Crippen molar-refractivity contribution in [2.75, 3.05) is 38.8 Å². The molecule has 1 N–H and O–H groups in total. The van der Waals surface area contributed by atoms with E-state index >= 15 is 0 Å². The zero-order valence-electron chi connectivity index (χ0n) is 8.85. The van der Waals surface area contributed by atoms with E-state index in [1.54, 1.807) is 6.92 Å². The number of rotatable bonds is 9. The van der Waals surface area contributed by atoms with Crippen molar-refractivity contribution in [3.63, 3.8) is 0 Å². The van der Waals surface area contributed by atoms with Gasteiger partial charge in [-0.3, -0.25) is 4.79 Å². The maximum absolute atomic E-state index is 10.8. The van der Waals surface area contributed by atoms with Gasteiger partial charge in [0.15, 0.2) is 0 Å². The minimum atomic E-state index is -0.356. The molecule has 0 aliphatic rings. The molecule has 0 radical (unpaired) electrons. The fourth-order valence-electron chi connectivity index (χ4n) is 0.829. The Labute approximate surface area is 95.1 Å². The number of aliphatic hydroxyl groups is 1. The maximum Gasteiger partial charge on any atom is 0.315 e. The van der Waals surface area contributed by atoms with Crippen LogP contribution in [0.5, 0.6) is 0 Å². The molecule has 0 spiro atoms. The first-order valence-electron chi connectivity index (χ1n) is 4.77. The average Bonchev–Trinajstić information content (AvgIpc) is 2.23. The van der Waals surface area contributed by atoms with Crippen LogP contribution in [0.15, 0.2) is 0 Å². The second-order valence-electron chi connectivity index (χ2n) is 2.87. The number of carbonyl (C=O) groups is 1. The molecule has 0 amide bonds. The summed E-state index contributed by atoms with van der Waals surface area (Å²) < 4.78 is 15.1. The van der Waals surface area contributed by atoms with Gasteiger partial charge in [-0.25, -0.2) is 0 Å². The monoisotopic (exact) mass is 238 g/mol. The summed E-state index contributed by atoms with van der Waals surface area (Å²) in [5, 5.41) is 8.41. The Kier molecular flexibility index (Phi) is 10.0. The molecule has 90 valence electrons. The number of hydrogen-bond acceptors (Lipinski definition) is 6. The lowest BCUT2D eigenvalue weighted by molar-refractivity contribution is -0.147. The molecule has 0 heterocycles. The van der Waals surface area contributed by atoms with Crippen molar-refractivity contribution in [3.8, 4) is 0 Å². The van der Waals surface area contributed by atoms with Gasteiger partial charge in [-0.05, 0) is 6.92 Å². The van der Waals surface area contributed by atoms with Gasteiger partial charge in [0, 0.05) is 0 Å². The molecule has 0 aromatic heterocycles. The SMILES string of the molecule is CC(COCCOCCO)OC(=O)CS. The van der Waals surface area contributed by atoms with Gasteiger partial charge >= 0.3 is 5.97 Å². The van der Waals surface area contributed by atoms with Crippen LogP contribution in [0.2, 0.25) is 0 Å². The first-order valence-corrected chi connectivity index (χ1v) is 5.40. The Morgan fingerprint density at radius 3 is 2.60 bits per heavy atom. The highest BCUT2D eigenvalue weighted by atomic mass is 32.1. The summed E-state index contributed by atoms with van der Waals surface area (Å²) in [4.78, 5) is 10.8. The van der Waals surface area contributed by atoms with Crippen LogP contribution in [0.25, 0.3) is 0 Å². The third-order valence-corrected chi connectivity index (χ3v) is 1.68. The highest BCUT2D eigenvalue weighted by Crippen LogP contribution is 1.94. The molecule has 6 heteroatoms. The van der Waals surface area contributed by atoms with Gasteiger partial charge in [0.1, 0.15) is 6.10 Å². The summed E-state index contributed by atoms with van der Waals surface area (Å²) in [7, 11) is 0. The van der Waals surface area contributed by atoms with Crippen molar-refractivity contribution >= 4 is 18.6 Å². The number of esters is 1. The van der Waals surface area contributed by atoms with Crippen LogP contribution >= 0.6 is 12.6 Å². The molecule has 0 bridgehead atoms. The van der Waals surface area contributed by atoms with Crippen molar-refractivity contribution in [1.29, 1.82) is 0 Å². The van der Waals surface area contributed by atoms with Gasteiger partial charge in [0.05, 0.1) is 38.8 Å². The van der Waals surface area contributed by atoms with Crippen LogP contribution in [-0.2, 0) is 19.0 Å². The van der Waals surface area contributed by atoms with Crippen molar-refractivity contribution in [2.45, 2.75) is 13.0 Å². The maximum atomic E-state index is 10.8. The Hall–Kier alpha value is -0.300. The average molecular weight is 238 g/mol. The number of thiol groups is 1. The lowest BCUT2D eigenvalue weighted by Gasteiger charge is -2.12. The zero-order chi connectivity index (χ0) is 11.5. The minimum absolute atomic E-state index is 0.00988. The van der Waals surface area contributed by atoms with Crippen molar-refractivity contribution in [2.24, 2.45) is 0 Å². The van der Waals surface area contributed by atoms with Crippen LogP contribution in [0.3, 0.4) is 0 Å². The molecule has 0 fully saturated rings. The largest absolute Gasteiger partial charge is 0.460 e. The first kappa shape index (κ1) is 14.7. The quantitative estimate of drug-likeness (QED) is 0.333. The fraction of sp³-hybridized carbons (Fsp3) is 0.889. The van der Waals surface area contributed by atoms with E-state index in [-0.39, 0.29) is 24.4 Å². The summed E-state index contributed by atoms with van der Waals surface area (Å²) in [5.74, 6) is -0.282. The first-order chi connectivity index (χ1) is 7.20. The van der Waals surface area contributed by atoms with E-state index in [0.717, 1.165) is 0 Å². The molecule has 0 aromatic rings. The standard InChI is InChI=1S/C9H18O5S/c1-8(14-9(11)7-15)6-13-5-4-12-3-2-10/h8,10,15H,2-7H2,1H3. The molecule has 1 atom stereocenters. The van der Waals surface area contributed by atoms with E-state index < -0.39 is 0 Å². The van der Waals surface area contributed by atoms with E-state index in [1.807, 2.05) is 0 Å². The number of aliphatic hydroxyl groups excluding tert-OH is 1. The van der Waals surface area contributed by atoms with Gasteiger partial charge in [-0.2, -0.15) is 12.6 Å². The Morgan fingerprint density at radius 1 is 1.33 bits per heavy atom. The van der Waals surface area contributed by atoms with E-state index in [0.29, 0.717) is 26.4 Å². The Balaban J connectivity index is 3.23. The molecule has 0 saturated heterocycles. The van der Waals surface area contributed by atoms with Crippen molar-refractivity contribution in [1.82, 2.24) is 0 Å². The predicted molar refractivity (Wildman–Crippen MR) is 58.1 cm³/mol. The molecule has 5 nitrogen and oxygen atoms in total. The number of hydrogen-bond donors (Lipinski definition) is 2. The molecular formula is C9H18O5S. The summed E-state index contributed by atoms with van der Waals surface area (Å²) in [6.45, 7) is 3.25.